The number of carbonyl (C=O) groups excluding carboxylic acids is 1. The first-order valence-electron chi connectivity index (χ1n) is 10.4. The van der Waals surface area contributed by atoms with Crippen LogP contribution in [0.3, 0.4) is 0 Å². The Labute approximate surface area is 201 Å². The molecule has 1 fully saturated rings. The highest BCUT2D eigenvalue weighted by atomic mass is 35.5. The van der Waals surface area contributed by atoms with Gasteiger partial charge in [0.05, 0.1) is 5.92 Å². The molecule has 1 amide bonds. The summed E-state index contributed by atoms with van der Waals surface area (Å²) in [4.78, 5) is 35.6. The molecule has 33 heavy (non-hydrogen) atoms. The molecule has 7 nitrogen and oxygen atoms in total. The van der Waals surface area contributed by atoms with Gasteiger partial charge in [-0.1, -0.05) is 55.2 Å². The van der Waals surface area contributed by atoms with Gasteiger partial charge in [0.15, 0.2) is 0 Å². The van der Waals surface area contributed by atoms with Crippen molar-refractivity contribution in [3.05, 3.63) is 63.6 Å². The van der Waals surface area contributed by atoms with Crippen molar-refractivity contribution >= 4 is 41.0 Å². The van der Waals surface area contributed by atoms with Crippen molar-refractivity contribution in [1.82, 2.24) is 5.32 Å². The summed E-state index contributed by atoms with van der Waals surface area (Å²) in [5.41, 5.74) is 0.632. The fourth-order valence-electron chi connectivity index (χ4n) is 4.05. The highest BCUT2D eigenvalue weighted by Gasteiger charge is 2.55. The van der Waals surface area contributed by atoms with E-state index < -0.39 is 41.1 Å². The molecule has 3 atom stereocenters. The Hall–Kier alpha value is -2.77. The van der Waals surface area contributed by atoms with E-state index in [1.54, 1.807) is 56.3 Å². The van der Waals surface area contributed by atoms with Crippen molar-refractivity contribution in [2.75, 3.05) is 0 Å². The van der Waals surface area contributed by atoms with Crippen molar-refractivity contribution < 1.29 is 29.3 Å². The molecule has 3 N–H and O–H groups in total. The Kier molecular flexibility index (Phi) is 7.55. The molecule has 2 aromatic rings. The summed E-state index contributed by atoms with van der Waals surface area (Å²) in [6, 6.07) is 10.9. The zero-order valence-electron chi connectivity index (χ0n) is 18.2. The monoisotopic (exact) mass is 493 g/mol. The van der Waals surface area contributed by atoms with Gasteiger partial charge in [-0.25, -0.2) is 4.79 Å². The van der Waals surface area contributed by atoms with E-state index in [-0.39, 0.29) is 19.4 Å². The molecule has 3 rings (SSSR count). The third-order valence-electron chi connectivity index (χ3n) is 6.30. The third kappa shape index (κ3) is 5.60. The number of hydrogen-bond acceptors (Lipinski definition) is 4. The number of nitrogens with one attached hydrogen (secondary N) is 1. The van der Waals surface area contributed by atoms with Crippen LogP contribution < -0.4 is 10.1 Å². The van der Waals surface area contributed by atoms with E-state index in [2.05, 4.69) is 5.32 Å². The molecule has 176 valence electrons. The molecule has 0 saturated heterocycles. The highest BCUT2D eigenvalue weighted by Crippen LogP contribution is 2.51. The minimum Gasteiger partial charge on any atom is -0.489 e. The quantitative estimate of drug-likeness (QED) is 0.476. The van der Waals surface area contributed by atoms with Crippen LogP contribution in [0.25, 0.3) is 0 Å². The van der Waals surface area contributed by atoms with Crippen molar-refractivity contribution in [3.63, 3.8) is 0 Å². The summed E-state index contributed by atoms with van der Waals surface area (Å²) in [5, 5.41) is 22.4. The number of carboxylic acids is 2. The maximum Gasteiger partial charge on any atom is 0.326 e. The summed E-state index contributed by atoms with van der Waals surface area (Å²) in [5.74, 6) is -3.16. The van der Waals surface area contributed by atoms with Crippen LogP contribution in [0.4, 0.5) is 0 Å². The van der Waals surface area contributed by atoms with Crippen LogP contribution in [0, 0.1) is 17.3 Å². The van der Waals surface area contributed by atoms with E-state index in [0.717, 1.165) is 0 Å². The van der Waals surface area contributed by atoms with Crippen LogP contribution in [0.5, 0.6) is 5.75 Å². The number of amides is 1. The second-order valence-electron chi connectivity index (χ2n) is 8.74. The predicted molar refractivity (Wildman–Crippen MR) is 124 cm³/mol. The molecule has 0 bridgehead atoms. The van der Waals surface area contributed by atoms with Crippen LogP contribution >= 0.6 is 23.2 Å². The number of hydrogen-bond donors (Lipinski definition) is 3. The van der Waals surface area contributed by atoms with Crippen LogP contribution in [-0.4, -0.2) is 34.1 Å². The smallest absolute Gasteiger partial charge is 0.326 e. The van der Waals surface area contributed by atoms with Gasteiger partial charge < -0.3 is 20.3 Å². The van der Waals surface area contributed by atoms with Crippen molar-refractivity contribution in [3.8, 4) is 5.75 Å². The van der Waals surface area contributed by atoms with E-state index in [0.29, 0.717) is 26.9 Å². The normalized spacial score (nSPS) is 19.8. The topological polar surface area (TPSA) is 113 Å². The number of rotatable bonds is 9. The lowest BCUT2D eigenvalue weighted by Crippen LogP contribution is -2.57. The van der Waals surface area contributed by atoms with Crippen molar-refractivity contribution in [1.29, 1.82) is 0 Å². The number of ether oxygens (including phenoxy) is 1. The maximum absolute atomic E-state index is 12.6. The highest BCUT2D eigenvalue weighted by molar-refractivity contribution is 6.35. The van der Waals surface area contributed by atoms with Gasteiger partial charge >= 0.3 is 11.9 Å². The number of carbonyl (C=O) groups is 3. The third-order valence-corrected chi connectivity index (χ3v) is 7.01. The summed E-state index contributed by atoms with van der Waals surface area (Å²) < 4.78 is 5.73. The van der Waals surface area contributed by atoms with Crippen LogP contribution in [-0.2, 0) is 27.4 Å². The van der Waals surface area contributed by atoms with Crippen LogP contribution in [0.15, 0.2) is 42.5 Å². The molecule has 1 aliphatic rings. The van der Waals surface area contributed by atoms with Crippen LogP contribution in [0.1, 0.15) is 31.4 Å². The zero-order valence-corrected chi connectivity index (χ0v) is 19.7. The molecule has 1 aliphatic carbocycles. The fourth-order valence-corrected chi connectivity index (χ4v) is 4.55. The lowest BCUT2D eigenvalue weighted by Gasteiger charge is -2.48. The number of benzene rings is 2. The van der Waals surface area contributed by atoms with Gasteiger partial charge in [0.2, 0.25) is 5.91 Å². The number of aliphatic carboxylic acids is 2. The molecule has 1 saturated carbocycles. The van der Waals surface area contributed by atoms with E-state index in [1.807, 2.05) is 0 Å². The fraction of sp³-hybridized carbons (Fsp3) is 0.375. The number of halogens is 2. The molecule has 0 aromatic heterocycles. The molecule has 2 unspecified atom stereocenters. The molecule has 2 aromatic carbocycles. The van der Waals surface area contributed by atoms with Gasteiger partial charge in [0.1, 0.15) is 18.4 Å². The Balaban J connectivity index is 1.59. The Bertz CT molecular complexity index is 1030. The minimum absolute atomic E-state index is 0.0766. The van der Waals surface area contributed by atoms with Crippen molar-refractivity contribution in [2.24, 2.45) is 17.3 Å². The molecule has 0 heterocycles. The number of carboxylic acid groups (broad SMARTS) is 2. The second kappa shape index (κ2) is 10.0. The summed E-state index contributed by atoms with van der Waals surface area (Å²) in [7, 11) is 0. The first-order valence-corrected chi connectivity index (χ1v) is 11.2. The lowest BCUT2D eigenvalue weighted by atomic mass is 9.54. The Morgan fingerprint density at radius 1 is 1.06 bits per heavy atom. The standard InChI is InChI=1S/C24H25Cl2NO6/c1-24(2)16(11-17(24)22(29)30)21(28)27-20(23(31)32)10-13-6-8-14(9-7-13)33-12-15-18(25)4-3-5-19(15)26/h3-9,16-17,20H,10-12H2,1-2H3,(H,27,28)(H,29,30)(H,31,32)/t16?,17-,20?/m1/s1. The van der Waals surface area contributed by atoms with E-state index in [9.17, 15) is 24.6 Å². The second-order valence-corrected chi connectivity index (χ2v) is 9.55. The minimum atomic E-state index is -1.16. The first kappa shape index (κ1) is 24.9. The van der Waals surface area contributed by atoms with Gasteiger partial charge in [0, 0.05) is 27.9 Å². The average Bonchev–Trinajstić information content (AvgIpc) is 2.73. The van der Waals surface area contributed by atoms with E-state index >= 15 is 0 Å². The maximum atomic E-state index is 12.6. The molecule has 0 radical (unpaired) electrons. The van der Waals surface area contributed by atoms with Crippen molar-refractivity contribution in [2.45, 2.75) is 39.3 Å². The van der Waals surface area contributed by atoms with E-state index in [1.165, 1.54) is 0 Å². The van der Waals surface area contributed by atoms with E-state index in [4.69, 9.17) is 27.9 Å². The molecular weight excluding hydrogens is 469 g/mol. The average molecular weight is 494 g/mol. The van der Waals surface area contributed by atoms with Gasteiger partial charge in [-0.3, -0.25) is 9.59 Å². The van der Waals surface area contributed by atoms with Gasteiger partial charge in [-0.15, -0.1) is 0 Å². The summed E-state index contributed by atoms with van der Waals surface area (Å²) >= 11 is 12.3. The molecule has 0 spiro atoms. The molecule has 0 aliphatic heterocycles. The first-order chi connectivity index (χ1) is 15.5. The summed E-state index contributed by atoms with van der Waals surface area (Å²) in [6.45, 7) is 3.61. The Morgan fingerprint density at radius 2 is 1.67 bits per heavy atom. The van der Waals surface area contributed by atoms with Gasteiger partial charge in [-0.05, 0) is 41.7 Å². The van der Waals surface area contributed by atoms with Gasteiger partial charge in [-0.2, -0.15) is 0 Å². The lowest BCUT2D eigenvalue weighted by molar-refractivity contribution is -0.164. The largest absolute Gasteiger partial charge is 0.489 e. The summed E-state index contributed by atoms with van der Waals surface area (Å²) in [6.07, 6.45) is 0.273. The Morgan fingerprint density at radius 3 is 2.18 bits per heavy atom. The molecular formula is C24H25Cl2NO6. The van der Waals surface area contributed by atoms with Crippen LogP contribution in [0.2, 0.25) is 10.0 Å². The predicted octanol–water partition coefficient (Wildman–Crippen LogP) is 4.43. The van der Waals surface area contributed by atoms with Gasteiger partial charge in [0.25, 0.3) is 0 Å². The molecule has 9 heteroatoms. The zero-order chi connectivity index (χ0) is 24.3. The SMILES string of the molecule is CC1(C)C(C(=O)NC(Cc2ccc(OCc3c(Cl)cccc3Cl)cc2)C(=O)O)C[C@@H]1C(=O)O.